The Labute approximate surface area is 214 Å². The minimum atomic E-state index is -0.0465. The number of benzene rings is 3. The molecule has 1 aliphatic rings. The minimum absolute atomic E-state index is 0.00501. The zero-order chi connectivity index (χ0) is 25.2. The van der Waals surface area contributed by atoms with Gasteiger partial charge in [0.2, 0.25) is 0 Å². The van der Waals surface area contributed by atoms with Crippen LogP contribution in [0.15, 0.2) is 91.3 Å². The fourth-order valence-corrected chi connectivity index (χ4v) is 5.01. The van der Waals surface area contributed by atoms with Gasteiger partial charge < -0.3 is 9.47 Å². The van der Waals surface area contributed by atoms with Gasteiger partial charge >= 0.3 is 0 Å². The molecule has 0 unspecified atom stereocenters. The number of hydrogen-bond donors (Lipinski definition) is 0. The monoisotopic (exact) mass is 490 g/mol. The van der Waals surface area contributed by atoms with E-state index in [0.29, 0.717) is 36.4 Å². The summed E-state index contributed by atoms with van der Waals surface area (Å²) >= 11 is 0. The highest BCUT2D eigenvalue weighted by atomic mass is 16.2. The quantitative estimate of drug-likeness (QED) is 0.330. The van der Waals surface area contributed by atoms with Crippen molar-refractivity contribution in [3.8, 4) is 0 Å². The lowest BCUT2D eigenvalue weighted by molar-refractivity contribution is 0.0710. The molecular formula is C29H26N6O2. The summed E-state index contributed by atoms with van der Waals surface area (Å²) in [6.07, 6.45) is 5.47. The Morgan fingerprint density at radius 3 is 2.27 bits per heavy atom. The lowest BCUT2D eigenvalue weighted by Gasteiger charge is -2.32. The molecule has 5 aromatic rings. The number of imidazole rings is 1. The molecule has 2 aromatic heterocycles. The Bertz CT molecular complexity index is 1550. The molecule has 0 saturated carbocycles. The predicted molar refractivity (Wildman–Crippen MR) is 139 cm³/mol. The number of carbonyl (C=O) groups excluding carboxylic acids is 2. The Balaban J connectivity index is 1.10. The molecule has 0 radical (unpaired) electrons. The maximum atomic E-state index is 13.1. The molecule has 37 heavy (non-hydrogen) atoms. The molecule has 0 spiro atoms. The van der Waals surface area contributed by atoms with Crippen LogP contribution in [0.1, 0.15) is 50.9 Å². The number of piperidine rings is 1. The van der Waals surface area contributed by atoms with Crippen LogP contribution in [0, 0.1) is 0 Å². The van der Waals surface area contributed by atoms with Gasteiger partial charge in [0.25, 0.3) is 5.91 Å². The van der Waals surface area contributed by atoms with E-state index < -0.39 is 0 Å². The maximum absolute atomic E-state index is 13.1. The number of nitrogens with zero attached hydrogens (tertiary/aromatic N) is 6. The van der Waals surface area contributed by atoms with Gasteiger partial charge in [0, 0.05) is 48.1 Å². The van der Waals surface area contributed by atoms with Gasteiger partial charge in [-0.1, -0.05) is 59.8 Å². The molecule has 0 bridgehead atoms. The summed E-state index contributed by atoms with van der Waals surface area (Å²) in [4.78, 5) is 32.3. The van der Waals surface area contributed by atoms with Crippen molar-refractivity contribution >= 4 is 22.7 Å². The number of hydrogen-bond acceptors (Lipinski definition) is 5. The van der Waals surface area contributed by atoms with E-state index in [-0.39, 0.29) is 17.6 Å². The molecule has 3 heterocycles. The smallest absolute Gasteiger partial charge is 0.253 e. The van der Waals surface area contributed by atoms with Gasteiger partial charge in [0.05, 0.1) is 5.52 Å². The summed E-state index contributed by atoms with van der Waals surface area (Å²) in [6.45, 7) is 1.86. The number of amides is 1. The first-order chi connectivity index (χ1) is 18.2. The SMILES string of the molecule is O=C(c1ccccc1)c1ccc(C(=O)N2CCC(c3nccn3Cn3nnc4ccccc43)CC2)cc1. The number of fused-ring (bicyclic) bond motifs is 1. The van der Waals surface area contributed by atoms with Gasteiger partial charge in [0.1, 0.15) is 18.0 Å². The number of ketones is 1. The zero-order valence-corrected chi connectivity index (χ0v) is 20.3. The molecule has 1 aliphatic heterocycles. The van der Waals surface area contributed by atoms with Crippen LogP contribution in [0.4, 0.5) is 0 Å². The highest BCUT2D eigenvalue weighted by molar-refractivity contribution is 6.09. The van der Waals surface area contributed by atoms with E-state index in [9.17, 15) is 9.59 Å². The van der Waals surface area contributed by atoms with Crippen molar-refractivity contribution in [2.45, 2.75) is 25.4 Å². The molecule has 1 amide bonds. The van der Waals surface area contributed by atoms with Gasteiger partial charge in [-0.3, -0.25) is 9.59 Å². The first-order valence-electron chi connectivity index (χ1n) is 12.5. The van der Waals surface area contributed by atoms with Crippen molar-refractivity contribution < 1.29 is 9.59 Å². The minimum Gasteiger partial charge on any atom is -0.339 e. The van der Waals surface area contributed by atoms with E-state index in [0.717, 1.165) is 29.7 Å². The highest BCUT2D eigenvalue weighted by Gasteiger charge is 2.27. The summed E-state index contributed by atoms with van der Waals surface area (Å²) in [5.74, 6) is 1.22. The van der Waals surface area contributed by atoms with E-state index in [1.165, 1.54) is 0 Å². The van der Waals surface area contributed by atoms with Crippen LogP contribution in [0.25, 0.3) is 11.0 Å². The number of likely N-dealkylation sites (tertiary alicyclic amines) is 1. The Morgan fingerprint density at radius 1 is 0.811 bits per heavy atom. The molecule has 8 nitrogen and oxygen atoms in total. The van der Waals surface area contributed by atoms with E-state index in [1.54, 1.807) is 36.4 Å². The van der Waals surface area contributed by atoms with Crippen LogP contribution in [0.2, 0.25) is 0 Å². The van der Waals surface area contributed by atoms with Crippen molar-refractivity contribution in [2.75, 3.05) is 13.1 Å². The second kappa shape index (κ2) is 9.81. The molecule has 1 fully saturated rings. The van der Waals surface area contributed by atoms with Crippen LogP contribution in [0.5, 0.6) is 0 Å². The van der Waals surface area contributed by atoms with Crippen molar-refractivity contribution in [1.82, 2.24) is 29.4 Å². The highest BCUT2D eigenvalue weighted by Crippen LogP contribution is 2.28. The van der Waals surface area contributed by atoms with Crippen LogP contribution < -0.4 is 0 Å². The summed E-state index contributed by atoms with van der Waals surface area (Å²) in [6, 6.07) is 24.0. The van der Waals surface area contributed by atoms with Crippen LogP contribution >= 0.6 is 0 Å². The standard InChI is InChI=1S/C29H26N6O2/c36-27(21-6-2-1-3-7-21)22-10-12-24(13-11-22)29(37)33-17-14-23(15-18-33)28-30-16-19-34(28)20-35-26-9-5-4-8-25(26)31-32-35/h1-13,16,19,23H,14-15,17-18,20H2. The van der Waals surface area contributed by atoms with E-state index >= 15 is 0 Å². The first kappa shape index (κ1) is 22.8. The van der Waals surface area contributed by atoms with Crippen molar-refractivity contribution in [2.24, 2.45) is 0 Å². The molecule has 0 aliphatic carbocycles. The third-order valence-corrected chi connectivity index (χ3v) is 7.03. The largest absolute Gasteiger partial charge is 0.339 e. The predicted octanol–water partition coefficient (Wildman–Crippen LogP) is 4.38. The topological polar surface area (TPSA) is 85.9 Å². The van der Waals surface area contributed by atoms with Gasteiger partial charge in [-0.2, -0.15) is 0 Å². The molecule has 184 valence electrons. The molecule has 0 atom stereocenters. The normalized spacial score (nSPS) is 14.2. The summed E-state index contributed by atoms with van der Waals surface area (Å²) in [5.41, 5.74) is 3.67. The molecule has 1 saturated heterocycles. The number of aromatic nitrogens is 5. The fourth-order valence-electron chi connectivity index (χ4n) is 5.01. The fraction of sp³-hybridized carbons (Fsp3) is 0.207. The molecule has 3 aromatic carbocycles. The molecule has 0 N–H and O–H groups in total. The molecule has 8 heteroatoms. The second-order valence-corrected chi connectivity index (χ2v) is 9.31. The van der Waals surface area contributed by atoms with Crippen molar-refractivity contribution in [3.05, 3.63) is 114 Å². The van der Waals surface area contributed by atoms with Gasteiger partial charge in [-0.15, -0.1) is 5.10 Å². The van der Waals surface area contributed by atoms with Crippen molar-refractivity contribution in [1.29, 1.82) is 0 Å². The van der Waals surface area contributed by atoms with E-state index in [4.69, 9.17) is 0 Å². The van der Waals surface area contributed by atoms with Crippen molar-refractivity contribution in [3.63, 3.8) is 0 Å². The van der Waals surface area contributed by atoms with Gasteiger partial charge in [0.15, 0.2) is 5.78 Å². The molecule has 6 rings (SSSR count). The summed E-state index contributed by atoms with van der Waals surface area (Å²) < 4.78 is 4.00. The Morgan fingerprint density at radius 2 is 1.49 bits per heavy atom. The van der Waals surface area contributed by atoms with Gasteiger partial charge in [-0.05, 0) is 37.1 Å². The zero-order valence-electron chi connectivity index (χ0n) is 20.3. The van der Waals surface area contributed by atoms with E-state index in [1.807, 2.05) is 64.4 Å². The lowest BCUT2D eigenvalue weighted by atomic mass is 9.95. The summed E-state index contributed by atoms with van der Waals surface area (Å²) in [7, 11) is 0. The molecular weight excluding hydrogens is 464 g/mol. The summed E-state index contributed by atoms with van der Waals surface area (Å²) in [5, 5.41) is 8.55. The lowest BCUT2D eigenvalue weighted by Crippen LogP contribution is -2.38. The van der Waals surface area contributed by atoms with E-state index in [2.05, 4.69) is 19.9 Å². The van der Waals surface area contributed by atoms with Crippen LogP contribution in [0.3, 0.4) is 0 Å². The number of rotatable bonds is 6. The van der Waals surface area contributed by atoms with Crippen LogP contribution in [-0.4, -0.2) is 54.2 Å². The Hall–Kier alpha value is -4.59. The maximum Gasteiger partial charge on any atom is 0.253 e. The average molecular weight is 491 g/mol. The van der Waals surface area contributed by atoms with Gasteiger partial charge in [-0.25, -0.2) is 9.67 Å². The average Bonchev–Trinajstić information content (AvgIpc) is 3.60. The second-order valence-electron chi connectivity index (χ2n) is 9.31. The Kier molecular flexibility index (Phi) is 6.06. The first-order valence-corrected chi connectivity index (χ1v) is 12.5. The number of carbonyl (C=O) groups is 2. The van der Waals surface area contributed by atoms with Crippen LogP contribution in [-0.2, 0) is 6.67 Å². The number of para-hydroxylation sites is 1. The third kappa shape index (κ3) is 4.53. The third-order valence-electron chi connectivity index (χ3n) is 7.03.